The van der Waals surface area contributed by atoms with E-state index in [2.05, 4.69) is 26.2 Å². The molecule has 0 N–H and O–H groups in total. The molecule has 0 spiro atoms. The molecule has 36 heavy (non-hydrogen) atoms. The van der Waals surface area contributed by atoms with Crippen LogP contribution in [0.15, 0.2) is 83.3 Å². The number of carbonyl (C=O) groups excluding carboxylic acids is 3. The van der Waals surface area contributed by atoms with Crippen LogP contribution in [0.25, 0.3) is 17.1 Å². The molecule has 0 bridgehead atoms. The average molecular weight is 540 g/mol. The van der Waals surface area contributed by atoms with Crippen molar-refractivity contribution in [3.05, 3.63) is 88.9 Å². The van der Waals surface area contributed by atoms with E-state index >= 15 is 0 Å². The summed E-state index contributed by atoms with van der Waals surface area (Å²) in [6.45, 7) is 0. The van der Waals surface area contributed by atoms with Gasteiger partial charge in [0.2, 0.25) is 11.8 Å². The molecule has 8 nitrogen and oxygen atoms in total. The number of anilines is 2. The molecule has 4 atom stereocenters. The fourth-order valence-corrected chi connectivity index (χ4v) is 6.06. The number of rotatable bonds is 2. The minimum atomic E-state index is -0.923. The Kier molecular flexibility index (Phi) is 4.53. The van der Waals surface area contributed by atoms with Gasteiger partial charge in [0.05, 0.1) is 29.1 Å². The lowest BCUT2D eigenvalue weighted by molar-refractivity contribution is -0.122. The minimum Gasteiger partial charge on any atom is -0.351 e. The van der Waals surface area contributed by atoms with Gasteiger partial charge in [-0.25, -0.2) is 4.90 Å². The summed E-state index contributed by atoms with van der Waals surface area (Å²) in [6, 6.07) is 20.6. The molecule has 2 amide bonds. The second-order valence-electron chi connectivity index (χ2n) is 9.13. The number of hydrogen-bond donors (Lipinski definition) is 0. The monoisotopic (exact) mass is 539 g/mol. The van der Waals surface area contributed by atoms with E-state index in [9.17, 15) is 14.4 Å². The quantitative estimate of drug-likeness (QED) is 0.358. The topological polar surface area (TPSA) is 88.4 Å². The summed E-state index contributed by atoms with van der Waals surface area (Å²) in [5.41, 5.74) is 3.38. The van der Waals surface area contributed by atoms with Crippen molar-refractivity contribution in [2.24, 2.45) is 11.8 Å². The molecule has 2 fully saturated rings. The smallest absolute Gasteiger partial charge is 0.272 e. The fourth-order valence-electron chi connectivity index (χ4n) is 5.80. The molecular weight excluding hydrogens is 522 g/mol. The molecule has 0 radical (unpaired) electrons. The molecule has 7 rings (SSSR count). The van der Waals surface area contributed by atoms with Gasteiger partial charge in [-0.3, -0.25) is 14.4 Å². The number of aromatic nitrogens is 3. The second kappa shape index (κ2) is 7.69. The Balaban J connectivity index is 1.39. The van der Waals surface area contributed by atoms with Gasteiger partial charge in [0, 0.05) is 10.2 Å². The molecule has 4 aromatic rings. The van der Waals surface area contributed by atoms with Crippen LogP contribution in [0.2, 0.25) is 0 Å². The molecule has 3 aliphatic heterocycles. The molecule has 176 valence electrons. The highest BCUT2D eigenvalue weighted by atomic mass is 79.9. The Hall–Kier alpha value is -4.11. The number of benzene rings is 3. The van der Waals surface area contributed by atoms with Gasteiger partial charge in [0.1, 0.15) is 11.6 Å². The molecule has 4 heterocycles. The molecule has 1 aromatic heterocycles. The van der Waals surface area contributed by atoms with E-state index in [1.165, 1.54) is 9.58 Å². The van der Waals surface area contributed by atoms with E-state index in [-0.39, 0.29) is 17.7 Å². The van der Waals surface area contributed by atoms with Crippen LogP contribution in [0.4, 0.5) is 11.4 Å². The minimum absolute atomic E-state index is 0.301. The second-order valence-corrected chi connectivity index (χ2v) is 10.0. The zero-order valence-electron chi connectivity index (χ0n) is 18.7. The van der Waals surface area contributed by atoms with E-state index in [0.29, 0.717) is 16.7 Å². The van der Waals surface area contributed by atoms with Crippen molar-refractivity contribution < 1.29 is 14.4 Å². The van der Waals surface area contributed by atoms with Gasteiger partial charge in [0.25, 0.3) is 5.91 Å². The first kappa shape index (κ1) is 21.2. The van der Waals surface area contributed by atoms with Crippen molar-refractivity contribution in [1.29, 1.82) is 0 Å². The molecule has 0 aliphatic carbocycles. The highest BCUT2D eigenvalue weighted by molar-refractivity contribution is 9.10. The Bertz CT molecular complexity index is 1610. The third-order valence-electron chi connectivity index (χ3n) is 7.31. The van der Waals surface area contributed by atoms with Crippen LogP contribution in [0.3, 0.4) is 0 Å². The van der Waals surface area contributed by atoms with Gasteiger partial charge < -0.3 is 4.90 Å². The SMILES string of the molecule is O=C1[C@@H]2[C@H](C(=O)N1c1ccc(Br)cc1)[C@@H](C(=O)n1nnc3ccccc31)N1c3ccccc3C=C[C@H]21. The summed E-state index contributed by atoms with van der Waals surface area (Å²) < 4.78 is 2.11. The highest BCUT2D eigenvalue weighted by Crippen LogP contribution is 2.49. The molecule has 0 saturated carbocycles. The van der Waals surface area contributed by atoms with E-state index in [1.54, 1.807) is 36.4 Å². The number of fused-ring (bicyclic) bond motifs is 6. The Labute approximate surface area is 213 Å². The lowest BCUT2D eigenvalue weighted by Gasteiger charge is -2.36. The molecule has 2 saturated heterocycles. The summed E-state index contributed by atoms with van der Waals surface area (Å²) in [5.74, 6) is -2.63. The lowest BCUT2D eigenvalue weighted by Crippen LogP contribution is -2.50. The van der Waals surface area contributed by atoms with E-state index in [1.807, 2.05) is 53.5 Å². The zero-order valence-corrected chi connectivity index (χ0v) is 20.3. The Morgan fingerprint density at radius 3 is 2.42 bits per heavy atom. The summed E-state index contributed by atoms with van der Waals surface area (Å²) in [5, 5.41) is 8.28. The van der Waals surface area contributed by atoms with Gasteiger partial charge >= 0.3 is 0 Å². The van der Waals surface area contributed by atoms with Crippen LogP contribution in [0.5, 0.6) is 0 Å². The van der Waals surface area contributed by atoms with Gasteiger partial charge in [-0.05, 0) is 48.0 Å². The number of halogens is 1. The number of nitrogens with zero attached hydrogens (tertiary/aromatic N) is 5. The number of para-hydroxylation sites is 2. The van der Waals surface area contributed by atoms with Crippen LogP contribution in [0, 0.1) is 11.8 Å². The summed E-state index contributed by atoms with van der Waals surface area (Å²) in [4.78, 5) is 45.1. The van der Waals surface area contributed by atoms with Crippen molar-refractivity contribution in [3.8, 4) is 0 Å². The maximum Gasteiger partial charge on any atom is 0.272 e. The largest absolute Gasteiger partial charge is 0.351 e. The molecular formula is C27H18BrN5O3. The maximum absolute atomic E-state index is 14.2. The number of amides is 2. The summed E-state index contributed by atoms with van der Waals surface area (Å²) >= 11 is 3.40. The third-order valence-corrected chi connectivity index (χ3v) is 7.84. The van der Waals surface area contributed by atoms with Crippen molar-refractivity contribution in [3.63, 3.8) is 0 Å². The average Bonchev–Trinajstić information content (AvgIpc) is 3.56. The number of imide groups is 1. The van der Waals surface area contributed by atoms with Crippen molar-refractivity contribution in [1.82, 2.24) is 15.0 Å². The first-order valence-electron chi connectivity index (χ1n) is 11.6. The van der Waals surface area contributed by atoms with Crippen molar-refractivity contribution in [2.75, 3.05) is 9.80 Å². The van der Waals surface area contributed by atoms with E-state index in [0.717, 1.165) is 15.7 Å². The normalized spacial score (nSPS) is 24.2. The van der Waals surface area contributed by atoms with Crippen molar-refractivity contribution >= 4 is 62.1 Å². The fraction of sp³-hybridized carbons (Fsp3) is 0.148. The van der Waals surface area contributed by atoms with E-state index < -0.39 is 23.9 Å². The van der Waals surface area contributed by atoms with Crippen molar-refractivity contribution in [2.45, 2.75) is 12.1 Å². The molecule has 3 aromatic carbocycles. The first-order chi connectivity index (χ1) is 17.5. The standard InChI is InChI=1S/C27H18BrN5O3/c28-16-10-12-17(13-11-16)31-25(34)22-21-14-9-15-5-1-3-7-19(15)32(21)24(23(22)26(31)35)27(36)33-20-8-4-2-6-18(20)29-30-33/h1-14,21-24H/t21-,22+,23+,24+/m1/s1. The van der Waals surface area contributed by atoms with Crippen LogP contribution in [0.1, 0.15) is 10.4 Å². The zero-order chi connectivity index (χ0) is 24.6. The Morgan fingerprint density at radius 2 is 1.58 bits per heavy atom. The van der Waals surface area contributed by atoms with Gasteiger partial charge in [0.15, 0.2) is 0 Å². The van der Waals surface area contributed by atoms with E-state index in [4.69, 9.17) is 0 Å². The predicted octanol–water partition coefficient (Wildman–Crippen LogP) is 3.92. The van der Waals surface area contributed by atoms with Crippen LogP contribution in [-0.2, 0) is 9.59 Å². The number of carbonyl (C=O) groups is 3. The summed E-state index contributed by atoms with van der Waals surface area (Å²) in [6.07, 6.45) is 3.90. The number of hydrogen-bond acceptors (Lipinski definition) is 6. The van der Waals surface area contributed by atoms with Crippen LogP contribution in [-0.4, -0.2) is 44.8 Å². The van der Waals surface area contributed by atoms with Crippen LogP contribution >= 0.6 is 15.9 Å². The molecule has 9 heteroatoms. The first-order valence-corrected chi connectivity index (χ1v) is 12.4. The molecule has 3 aliphatic rings. The Morgan fingerprint density at radius 1 is 0.861 bits per heavy atom. The molecule has 0 unspecified atom stereocenters. The van der Waals surface area contributed by atoms with Gasteiger partial charge in [-0.15, -0.1) is 5.10 Å². The lowest BCUT2D eigenvalue weighted by atomic mass is 9.88. The van der Waals surface area contributed by atoms with Crippen LogP contribution < -0.4 is 9.80 Å². The van der Waals surface area contributed by atoms with Gasteiger partial charge in [-0.1, -0.05) is 63.6 Å². The maximum atomic E-state index is 14.2. The van der Waals surface area contributed by atoms with Gasteiger partial charge in [-0.2, -0.15) is 4.68 Å². The predicted molar refractivity (Wildman–Crippen MR) is 137 cm³/mol. The third kappa shape index (κ3) is 2.83. The highest BCUT2D eigenvalue weighted by Gasteiger charge is 2.64. The summed E-state index contributed by atoms with van der Waals surface area (Å²) in [7, 11) is 0.